The number of nitrogens with one attached hydrogen (secondary N) is 1. The lowest BCUT2D eigenvalue weighted by molar-refractivity contribution is -0.146. The molecule has 1 N–H and O–H groups in total. The van der Waals surface area contributed by atoms with E-state index < -0.39 is 11.7 Å². The summed E-state index contributed by atoms with van der Waals surface area (Å²) in [4.78, 5) is 20.0. The molecule has 5 nitrogen and oxygen atoms in total. The standard InChI is InChI=1S/C25H34F3N3O2/c26-25(27,28)19-13-17-16-31(10-6-22(17)29-15-19)23(32)24(18-3-1-2-4-18)9-5-21(14-24)30-20-7-11-33-12-8-20/h13,15,18,20-21,30H,1-12,14,16H2/t21?,24-/m0/s1. The molecule has 0 aromatic carbocycles. The molecule has 0 spiro atoms. The predicted octanol–water partition coefficient (Wildman–Crippen LogP) is 4.48. The van der Waals surface area contributed by atoms with Crippen molar-refractivity contribution in [3.63, 3.8) is 0 Å². The topological polar surface area (TPSA) is 54.5 Å². The van der Waals surface area contributed by atoms with Gasteiger partial charge in [0, 0.05) is 56.7 Å². The van der Waals surface area contributed by atoms with E-state index in [2.05, 4.69) is 10.3 Å². The van der Waals surface area contributed by atoms with Crippen LogP contribution in [0.3, 0.4) is 0 Å². The van der Waals surface area contributed by atoms with Gasteiger partial charge in [-0.1, -0.05) is 12.8 Å². The van der Waals surface area contributed by atoms with E-state index in [1.54, 1.807) is 0 Å². The Bertz CT molecular complexity index is 865. The molecule has 2 atom stereocenters. The number of hydrogen-bond acceptors (Lipinski definition) is 4. The molecule has 0 bridgehead atoms. The first-order valence-electron chi connectivity index (χ1n) is 12.5. The first-order valence-corrected chi connectivity index (χ1v) is 12.5. The minimum Gasteiger partial charge on any atom is -0.381 e. The van der Waals surface area contributed by atoms with Crippen molar-refractivity contribution < 1.29 is 22.7 Å². The average molecular weight is 466 g/mol. The van der Waals surface area contributed by atoms with E-state index >= 15 is 0 Å². The molecule has 2 aliphatic carbocycles. The lowest BCUT2D eigenvalue weighted by Gasteiger charge is -2.41. The number of carbonyl (C=O) groups is 1. The van der Waals surface area contributed by atoms with Crippen molar-refractivity contribution in [2.45, 2.75) is 89.0 Å². The van der Waals surface area contributed by atoms with Gasteiger partial charge in [-0.15, -0.1) is 0 Å². The summed E-state index contributed by atoms with van der Waals surface area (Å²) in [5, 5.41) is 3.81. The SMILES string of the molecule is O=C(N1CCc2ncc(C(F)(F)F)cc2C1)[C@@]1(C2CCCC2)CCC(NC2CCOCC2)C1. The Morgan fingerprint density at radius 1 is 1.12 bits per heavy atom. The number of carbonyl (C=O) groups excluding carboxylic acids is 1. The van der Waals surface area contributed by atoms with Crippen molar-refractivity contribution in [1.29, 1.82) is 0 Å². The summed E-state index contributed by atoms with van der Waals surface area (Å²) in [6.07, 6.45) is 6.25. The number of aromatic nitrogens is 1. The summed E-state index contributed by atoms with van der Waals surface area (Å²) in [5.74, 6) is 0.543. The average Bonchev–Trinajstić information content (AvgIpc) is 3.49. The third kappa shape index (κ3) is 4.65. The van der Waals surface area contributed by atoms with E-state index in [9.17, 15) is 18.0 Å². The highest BCUT2D eigenvalue weighted by atomic mass is 19.4. The van der Waals surface area contributed by atoms with Crippen molar-refractivity contribution in [1.82, 2.24) is 15.2 Å². The molecular weight excluding hydrogens is 431 g/mol. The maximum atomic E-state index is 14.1. The molecule has 1 aromatic heterocycles. The molecular formula is C25H34F3N3O2. The smallest absolute Gasteiger partial charge is 0.381 e. The van der Waals surface area contributed by atoms with Gasteiger partial charge in [-0.3, -0.25) is 9.78 Å². The van der Waals surface area contributed by atoms with Crippen molar-refractivity contribution in [2.24, 2.45) is 11.3 Å². The Kier molecular flexibility index (Phi) is 6.42. The highest BCUT2D eigenvalue weighted by Gasteiger charge is 2.53. The molecule has 0 radical (unpaired) electrons. The minimum absolute atomic E-state index is 0.161. The van der Waals surface area contributed by atoms with Gasteiger partial charge in [0.15, 0.2) is 0 Å². The number of fused-ring (bicyclic) bond motifs is 1. The lowest BCUT2D eigenvalue weighted by Crippen LogP contribution is -2.49. The Morgan fingerprint density at radius 2 is 1.88 bits per heavy atom. The Labute approximate surface area is 193 Å². The third-order valence-electron chi connectivity index (χ3n) is 8.46. The zero-order valence-corrected chi connectivity index (χ0v) is 19.1. The number of amides is 1. The van der Waals surface area contributed by atoms with E-state index in [0.717, 1.165) is 64.4 Å². The maximum absolute atomic E-state index is 14.1. The van der Waals surface area contributed by atoms with Crippen LogP contribution in [0.15, 0.2) is 12.3 Å². The van der Waals surface area contributed by atoms with Gasteiger partial charge in [-0.25, -0.2) is 0 Å². The summed E-state index contributed by atoms with van der Waals surface area (Å²) in [6.45, 7) is 2.35. The van der Waals surface area contributed by atoms with Gasteiger partial charge in [0.25, 0.3) is 0 Å². The molecule has 5 rings (SSSR count). The zero-order chi connectivity index (χ0) is 23.1. The number of hydrogen-bond donors (Lipinski definition) is 1. The lowest BCUT2D eigenvalue weighted by atomic mass is 9.71. The summed E-state index contributed by atoms with van der Waals surface area (Å²) < 4.78 is 45.2. The minimum atomic E-state index is -4.42. The van der Waals surface area contributed by atoms with Gasteiger partial charge in [0.05, 0.1) is 11.0 Å². The molecule has 33 heavy (non-hydrogen) atoms. The second kappa shape index (κ2) is 9.17. The molecule has 3 heterocycles. The van der Waals surface area contributed by atoms with Gasteiger partial charge in [-0.2, -0.15) is 13.2 Å². The van der Waals surface area contributed by atoms with Crippen molar-refractivity contribution in [2.75, 3.05) is 19.8 Å². The van der Waals surface area contributed by atoms with Crippen LogP contribution in [0.4, 0.5) is 13.2 Å². The molecule has 2 saturated carbocycles. The highest BCUT2D eigenvalue weighted by molar-refractivity contribution is 5.84. The van der Waals surface area contributed by atoms with E-state index in [-0.39, 0.29) is 17.9 Å². The van der Waals surface area contributed by atoms with Crippen molar-refractivity contribution in [3.8, 4) is 0 Å². The summed E-state index contributed by atoms with van der Waals surface area (Å²) >= 11 is 0. The van der Waals surface area contributed by atoms with E-state index in [4.69, 9.17) is 4.74 Å². The fourth-order valence-corrected chi connectivity index (χ4v) is 6.70. The molecule has 1 amide bonds. The van der Waals surface area contributed by atoms with Crippen LogP contribution in [0.2, 0.25) is 0 Å². The molecule has 1 unspecified atom stereocenters. The quantitative estimate of drug-likeness (QED) is 0.712. The van der Waals surface area contributed by atoms with Crippen molar-refractivity contribution >= 4 is 5.91 Å². The van der Waals surface area contributed by atoms with Gasteiger partial charge in [-0.05, 0) is 62.5 Å². The van der Waals surface area contributed by atoms with E-state index in [1.807, 2.05) is 4.90 Å². The molecule has 4 aliphatic rings. The van der Waals surface area contributed by atoms with Crippen LogP contribution < -0.4 is 5.32 Å². The molecule has 182 valence electrons. The fraction of sp³-hybridized carbons (Fsp3) is 0.760. The fourth-order valence-electron chi connectivity index (χ4n) is 6.70. The monoisotopic (exact) mass is 465 g/mol. The van der Waals surface area contributed by atoms with Crippen LogP contribution in [0.25, 0.3) is 0 Å². The Balaban J connectivity index is 1.34. The summed E-state index contributed by atoms with van der Waals surface area (Å²) in [5.41, 5.74) is 0.113. The van der Waals surface area contributed by atoms with Crippen LogP contribution in [-0.2, 0) is 28.7 Å². The van der Waals surface area contributed by atoms with Crippen LogP contribution in [0.5, 0.6) is 0 Å². The summed E-state index contributed by atoms with van der Waals surface area (Å²) in [6, 6.07) is 1.97. The molecule has 3 fully saturated rings. The normalized spacial score (nSPS) is 29.4. The molecule has 2 aliphatic heterocycles. The zero-order valence-electron chi connectivity index (χ0n) is 19.1. The van der Waals surface area contributed by atoms with Gasteiger partial charge >= 0.3 is 6.18 Å². The number of nitrogens with zero attached hydrogens (tertiary/aromatic N) is 2. The first-order chi connectivity index (χ1) is 15.8. The van der Waals surface area contributed by atoms with Crippen LogP contribution >= 0.6 is 0 Å². The second-order valence-electron chi connectivity index (χ2n) is 10.4. The van der Waals surface area contributed by atoms with Crippen LogP contribution in [0, 0.1) is 11.3 Å². The number of alkyl halides is 3. The van der Waals surface area contributed by atoms with Gasteiger partial charge in [0.2, 0.25) is 5.91 Å². The van der Waals surface area contributed by atoms with E-state index in [0.29, 0.717) is 42.2 Å². The second-order valence-corrected chi connectivity index (χ2v) is 10.4. The summed E-state index contributed by atoms with van der Waals surface area (Å²) in [7, 11) is 0. The predicted molar refractivity (Wildman–Crippen MR) is 117 cm³/mol. The number of halogens is 3. The van der Waals surface area contributed by atoms with Crippen molar-refractivity contribution in [3.05, 3.63) is 29.1 Å². The van der Waals surface area contributed by atoms with Crippen LogP contribution in [0.1, 0.15) is 74.6 Å². The van der Waals surface area contributed by atoms with E-state index in [1.165, 1.54) is 18.9 Å². The highest BCUT2D eigenvalue weighted by Crippen LogP contribution is 2.52. The maximum Gasteiger partial charge on any atom is 0.417 e. The Morgan fingerprint density at radius 3 is 2.61 bits per heavy atom. The number of ether oxygens (including phenoxy) is 1. The number of pyridine rings is 1. The largest absolute Gasteiger partial charge is 0.417 e. The van der Waals surface area contributed by atoms with Crippen LogP contribution in [-0.4, -0.2) is 47.6 Å². The molecule has 8 heteroatoms. The molecule has 1 aromatic rings. The molecule has 1 saturated heterocycles. The first kappa shape index (κ1) is 23.1. The number of rotatable bonds is 4. The van der Waals surface area contributed by atoms with Gasteiger partial charge < -0.3 is 15.0 Å². The van der Waals surface area contributed by atoms with Gasteiger partial charge in [0.1, 0.15) is 0 Å². The third-order valence-corrected chi connectivity index (χ3v) is 8.46. The Hall–Kier alpha value is -1.67.